The number of anilines is 1. The van der Waals surface area contributed by atoms with E-state index in [1.165, 1.54) is 18.2 Å². The number of benzene rings is 1. The summed E-state index contributed by atoms with van der Waals surface area (Å²) in [6.07, 6.45) is 3.37. The highest BCUT2D eigenvalue weighted by atomic mass is 19.1. The van der Waals surface area contributed by atoms with Crippen molar-refractivity contribution in [3.8, 4) is 0 Å². The van der Waals surface area contributed by atoms with E-state index in [9.17, 15) is 13.6 Å². The molecule has 0 spiro atoms. The lowest BCUT2D eigenvalue weighted by Crippen LogP contribution is -2.22. The molecule has 0 saturated carbocycles. The molecule has 0 amide bonds. The van der Waals surface area contributed by atoms with Crippen molar-refractivity contribution in [2.75, 3.05) is 5.32 Å². The Morgan fingerprint density at radius 2 is 1.84 bits per heavy atom. The number of halogens is 2. The quantitative estimate of drug-likeness (QED) is 0.773. The number of hydrogen-bond acceptors (Lipinski definition) is 3. The minimum Gasteiger partial charge on any atom is -0.381 e. The van der Waals surface area contributed by atoms with E-state index >= 15 is 0 Å². The molecule has 1 aromatic carbocycles. The molecular weight excluding hydrogens is 324 g/mol. The van der Waals surface area contributed by atoms with Gasteiger partial charge in [-0.25, -0.2) is 8.78 Å². The van der Waals surface area contributed by atoms with Crippen molar-refractivity contribution in [3.05, 3.63) is 93.7 Å². The summed E-state index contributed by atoms with van der Waals surface area (Å²) in [5.41, 5.74) is 2.54. The maximum Gasteiger partial charge on any atom is 0.253 e. The van der Waals surface area contributed by atoms with Crippen LogP contribution in [0.3, 0.4) is 0 Å². The zero-order valence-electron chi connectivity index (χ0n) is 13.7. The molecule has 0 unspecified atom stereocenters. The van der Waals surface area contributed by atoms with Gasteiger partial charge in [0, 0.05) is 48.0 Å². The van der Waals surface area contributed by atoms with Crippen LogP contribution in [0.15, 0.2) is 59.7 Å². The second-order valence-electron chi connectivity index (χ2n) is 5.75. The molecule has 0 fully saturated rings. The molecule has 1 N–H and O–H groups in total. The molecule has 0 aliphatic rings. The van der Waals surface area contributed by atoms with Crippen molar-refractivity contribution in [2.24, 2.45) is 0 Å². The summed E-state index contributed by atoms with van der Waals surface area (Å²) < 4.78 is 28.3. The number of nitrogens with zero attached hydrogens (tertiary/aromatic N) is 2. The van der Waals surface area contributed by atoms with Crippen LogP contribution in [0.4, 0.5) is 14.5 Å². The minimum atomic E-state index is -0.616. The van der Waals surface area contributed by atoms with E-state index in [0.717, 1.165) is 17.3 Å². The van der Waals surface area contributed by atoms with Crippen molar-refractivity contribution in [1.29, 1.82) is 0 Å². The summed E-state index contributed by atoms with van der Waals surface area (Å²) in [6.45, 7) is 2.46. The zero-order valence-corrected chi connectivity index (χ0v) is 13.7. The third kappa shape index (κ3) is 4.09. The fourth-order valence-electron chi connectivity index (χ4n) is 2.57. The van der Waals surface area contributed by atoms with E-state index < -0.39 is 11.6 Å². The van der Waals surface area contributed by atoms with Gasteiger partial charge in [0.2, 0.25) is 0 Å². The molecule has 0 radical (unpaired) electrons. The molecule has 2 heterocycles. The normalized spacial score (nSPS) is 10.7. The molecule has 0 aliphatic carbocycles. The van der Waals surface area contributed by atoms with Gasteiger partial charge in [-0.2, -0.15) is 0 Å². The number of nitrogens with one attached hydrogen (secondary N) is 1. The average Bonchev–Trinajstić information content (AvgIpc) is 2.58. The Bertz CT molecular complexity index is 939. The number of rotatable bonds is 5. The van der Waals surface area contributed by atoms with Crippen LogP contribution in [0.25, 0.3) is 0 Å². The highest BCUT2D eigenvalue weighted by Gasteiger charge is 2.07. The third-order valence-corrected chi connectivity index (χ3v) is 3.92. The molecule has 0 bridgehead atoms. The van der Waals surface area contributed by atoms with Gasteiger partial charge in [-0.3, -0.25) is 9.78 Å². The first-order chi connectivity index (χ1) is 12.0. The summed E-state index contributed by atoms with van der Waals surface area (Å²) in [4.78, 5) is 16.3. The van der Waals surface area contributed by atoms with Gasteiger partial charge < -0.3 is 9.88 Å². The van der Waals surface area contributed by atoms with Gasteiger partial charge in [0.25, 0.3) is 5.56 Å². The first kappa shape index (κ1) is 16.8. The fourth-order valence-corrected chi connectivity index (χ4v) is 2.57. The summed E-state index contributed by atoms with van der Waals surface area (Å²) >= 11 is 0. The SMILES string of the molecule is Cc1cc(NCc2ccc(F)cc2F)cc(=O)n1Cc1ccncc1. The van der Waals surface area contributed by atoms with Crippen LogP contribution >= 0.6 is 0 Å². The molecule has 0 saturated heterocycles. The maximum absolute atomic E-state index is 13.7. The standard InChI is InChI=1S/C19H17F2N3O/c1-13-8-17(23-11-15-2-3-16(20)9-18(15)21)10-19(25)24(13)12-14-4-6-22-7-5-14/h2-10,23H,11-12H2,1H3. The maximum atomic E-state index is 13.7. The zero-order chi connectivity index (χ0) is 17.8. The fraction of sp³-hybridized carbons (Fsp3) is 0.158. The number of aromatic nitrogens is 2. The smallest absolute Gasteiger partial charge is 0.253 e. The molecule has 128 valence electrons. The highest BCUT2D eigenvalue weighted by Crippen LogP contribution is 2.14. The van der Waals surface area contributed by atoms with Crippen LogP contribution in [-0.2, 0) is 13.1 Å². The summed E-state index contributed by atoms with van der Waals surface area (Å²) in [5, 5.41) is 3.01. The van der Waals surface area contributed by atoms with E-state index in [4.69, 9.17) is 0 Å². The third-order valence-electron chi connectivity index (χ3n) is 3.92. The van der Waals surface area contributed by atoms with Crippen LogP contribution in [-0.4, -0.2) is 9.55 Å². The minimum absolute atomic E-state index is 0.154. The second kappa shape index (κ2) is 7.25. The topological polar surface area (TPSA) is 46.9 Å². The lowest BCUT2D eigenvalue weighted by atomic mass is 10.2. The number of aryl methyl sites for hydroxylation is 1. The molecule has 6 heteroatoms. The van der Waals surface area contributed by atoms with Crippen LogP contribution in [0.2, 0.25) is 0 Å². The predicted octanol–water partition coefficient (Wildman–Crippen LogP) is 3.49. The van der Waals surface area contributed by atoms with Crippen LogP contribution in [0.5, 0.6) is 0 Å². The molecule has 3 aromatic rings. The molecule has 2 aromatic heterocycles. The Morgan fingerprint density at radius 1 is 1.08 bits per heavy atom. The van der Waals surface area contributed by atoms with Crippen molar-refractivity contribution in [3.63, 3.8) is 0 Å². The van der Waals surface area contributed by atoms with Gasteiger partial charge in [0.15, 0.2) is 0 Å². The van der Waals surface area contributed by atoms with Crippen LogP contribution in [0, 0.1) is 18.6 Å². The molecule has 25 heavy (non-hydrogen) atoms. The van der Waals surface area contributed by atoms with Gasteiger partial charge in [-0.1, -0.05) is 6.07 Å². The van der Waals surface area contributed by atoms with Crippen molar-refractivity contribution >= 4 is 5.69 Å². The van der Waals surface area contributed by atoms with Gasteiger partial charge in [-0.05, 0) is 36.8 Å². The molecule has 0 aliphatic heterocycles. The average molecular weight is 341 g/mol. The summed E-state index contributed by atoms with van der Waals surface area (Å²) in [5.74, 6) is -1.23. The number of pyridine rings is 2. The second-order valence-corrected chi connectivity index (χ2v) is 5.75. The molecule has 3 rings (SSSR count). The number of hydrogen-bond donors (Lipinski definition) is 1. The van der Waals surface area contributed by atoms with E-state index in [2.05, 4.69) is 10.3 Å². The van der Waals surface area contributed by atoms with Crippen LogP contribution < -0.4 is 10.9 Å². The Morgan fingerprint density at radius 3 is 2.52 bits per heavy atom. The van der Waals surface area contributed by atoms with E-state index in [-0.39, 0.29) is 12.1 Å². The van der Waals surface area contributed by atoms with Gasteiger partial charge in [0.05, 0.1) is 6.54 Å². The lowest BCUT2D eigenvalue weighted by Gasteiger charge is -2.13. The van der Waals surface area contributed by atoms with Crippen LogP contribution in [0.1, 0.15) is 16.8 Å². The van der Waals surface area contributed by atoms with Crippen molar-refractivity contribution in [1.82, 2.24) is 9.55 Å². The highest BCUT2D eigenvalue weighted by molar-refractivity contribution is 5.44. The monoisotopic (exact) mass is 341 g/mol. The van der Waals surface area contributed by atoms with Crippen molar-refractivity contribution < 1.29 is 8.78 Å². The van der Waals surface area contributed by atoms with Gasteiger partial charge >= 0.3 is 0 Å². The Balaban J connectivity index is 1.76. The van der Waals surface area contributed by atoms with Crippen molar-refractivity contribution in [2.45, 2.75) is 20.0 Å². The first-order valence-corrected chi connectivity index (χ1v) is 7.81. The predicted molar refractivity (Wildman–Crippen MR) is 92.5 cm³/mol. The molecule has 0 atom stereocenters. The Kier molecular flexibility index (Phi) is 4.88. The molecular formula is C19H17F2N3O. The van der Waals surface area contributed by atoms with Gasteiger partial charge in [-0.15, -0.1) is 0 Å². The Labute approximate surface area is 143 Å². The largest absolute Gasteiger partial charge is 0.381 e. The van der Waals surface area contributed by atoms with Gasteiger partial charge in [0.1, 0.15) is 11.6 Å². The first-order valence-electron chi connectivity index (χ1n) is 7.81. The Hall–Kier alpha value is -3.02. The van der Waals surface area contributed by atoms with E-state index in [0.29, 0.717) is 17.8 Å². The lowest BCUT2D eigenvalue weighted by molar-refractivity contribution is 0.574. The summed E-state index contributed by atoms with van der Waals surface area (Å²) in [6, 6.07) is 10.4. The molecule has 4 nitrogen and oxygen atoms in total. The van der Waals surface area contributed by atoms with E-state index in [1.807, 2.05) is 25.1 Å². The van der Waals surface area contributed by atoms with E-state index in [1.54, 1.807) is 17.0 Å². The summed E-state index contributed by atoms with van der Waals surface area (Å²) in [7, 11) is 0.